The Morgan fingerprint density at radius 1 is 1.13 bits per heavy atom. The maximum atomic E-state index is 13.6. The average Bonchev–Trinajstić information content (AvgIpc) is 2.52. The van der Waals surface area contributed by atoms with E-state index in [1.165, 1.54) is 13.2 Å². The third-order valence-corrected chi connectivity index (χ3v) is 3.03. The fourth-order valence-corrected chi connectivity index (χ4v) is 2.01. The summed E-state index contributed by atoms with van der Waals surface area (Å²) in [7, 11) is 1.30. The molecular formula is C18H19FO4. The van der Waals surface area contributed by atoms with E-state index in [9.17, 15) is 9.18 Å². The maximum absolute atomic E-state index is 13.6. The molecule has 0 fully saturated rings. The number of hydrogen-bond donors (Lipinski definition) is 0. The smallest absolute Gasteiger partial charge is 0.338 e. The zero-order chi connectivity index (χ0) is 16.8. The van der Waals surface area contributed by atoms with E-state index in [0.29, 0.717) is 22.6 Å². The first kappa shape index (κ1) is 16.8. The Hall–Kier alpha value is -2.56. The Morgan fingerprint density at radius 3 is 2.48 bits per heavy atom. The molecule has 0 saturated carbocycles. The van der Waals surface area contributed by atoms with Crippen LogP contribution in [0.3, 0.4) is 0 Å². The normalized spacial score (nSPS) is 10.5. The first-order valence-electron chi connectivity index (χ1n) is 7.26. The maximum Gasteiger partial charge on any atom is 0.338 e. The zero-order valence-electron chi connectivity index (χ0n) is 13.3. The SMILES string of the molecule is COC(=O)c1cc(OCc2ccccc2F)cc(OC(C)C)c1. The third kappa shape index (κ3) is 4.71. The molecule has 0 aliphatic carbocycles. The molecule has 0 amide bonds. The second-order valence-electron chi connectivity index (χ2n) is 5.23. The van der Waals surface area contributed by atoms with Crippen molar-refractivity contribution in [2.45, 2.75) is 26.6 Å². The summed E-state index contributed by atoms with van der Waals surface area (Å²) in [6.45, 7) is 3.81. The van der Waals surface area contributed by atoms with Crippen LogP contribution in [0.4, 0.5) is 4.39 Å². The minimum atomic E-state index is -0.491. The van der Waals surface area contributed by atoms with Gasteiger partial charge in [0.1, 0.15) is 23.9 Å². The highest BCUT2D eigenvalue weighted by Gasteiger charge is 2.12. The van der Waals surface area contributed by atoms with Gasteiger partial charge in [0.05, 0.1) is 18.8 Å². The number of hydrogen-bond acceptors (Lipinski definition) is 4. The van der Waals surface area contributed by atoms with Gasteiger partial charge in [0.2, 0.25) is 0 Å². The largest absolute Gasteiger partial charge is 0.491 e. The zero-order valence-corrected chi connectivity index (χ0v) is 13.3. The van der Waals surface area contributed by atoms with Crippen LogP contribution in [0, 0.1) is 5.82 Å². The third-order valence-electron chi connectivity index (χ3n) is 3.03. The molecule has 122 valence electrons. The van der Waals surface area contributed by atoms with Gasteiger partial charge in [-0.2, -0.15) is 0 Å². The van der Waals surface area contributed by atoms with Gasteiger partial charge in [0.25, 0.3) is 0 Å². The monoisotopic (exact) mass is 318 g/mol. The highest BCUT2D eigenvalue weighted by Crippen LogP contribution is 2.25. The van der Waals surface area contributed by atoms with Crippen LogP contribution in [0.25, 0.3) is 0 Å². The lowest BCUT2D eigenvalue weighted by Gasteiger charge is -2.14. The topological polar surface area (TPSA) is 44.8 Å². The van der Waals surface area contributed by atoms with Gasteiger partial charge in [-0.3, -0.25) is 0 Å². The standard InChI is InChI=1S/C18H19FO4/c1-12(2)23-16-9-14(18(20)21-3)8-15(10-16)22-11-13-6-4-5-7-17(13)19/h4-10,12H,11H2,1-3H3. The Morgan fingerprint density at radius 2 is 1.83 bits per heavy atom. The molecule has 0 bridgehead atoms. The van der Waals surface area contributed by atoms with Crippen molar-refractivity contribution < 1.29 is 23.4 Å². The number of rotatable bonds is 6. The van der Waals surface area contributed by atoms with Gasteiger partial charge in [-0.15, -0.1) is 0 Å². The molecule has 0 heterocycles. The quantitative estimate of drug-likeness (QED) is 0.756. The lowest BCUT2D eigenvalue weighted by molar-refractivity contribution is 0.0599. The van der Waals surface area contributed by atoms with E-state index in [1.807, 2.05) is 13.8 Å². The number of carbonyl (C=O) groups excluding carboxylic acids is 1. The van der Waals surface area contributed by atoms with Crippen LogP contribution in [-0.2, 0) is 11.3 Å². The van der Waals surface area contributed by atoms with Gasteiger partial charge in [0, 0.05) is 11.6 Å². The van der Waals surface area contributed by atoms with Gasteiger partial charge in [-0.1, -0.05) is 18.2 Å². The van der Waals surface area contributed by atoms with Crippen LogP contribution in [0.2, 0.25) is 0 Å². The minimum Gasteiger partial charge on any atom is -0.491 e. The molecule has 0 atom stereocenters. The predicted molar refractivity (Wildman–Crippen MR) is 84.3 cm³/mol. The summed E-state index contributed by atoms with van der Waals surface area (Å²) in [5.74, 6) is 0.0726. The summed E-state index contributed by atoms with van der Waals surface area (Å²) in [5.41, 5.74) is 0.747. The van der Waals surface area contributed by atoms with E-state index in [1.54, 1.807) is 36.4 Å². The number of halogens is 1. The van der Waals surface area contributed by atoms with E-state index >= 15 is 0 Å². The Balaban J connectivity index is 2.22. The Labute approximate surface area is 134 Å². The first-order chi connectivity index (χ1) is 11.0. The number of ether oxygens (including phenoxy) is 3. The van der Waals surface area contributed by atoms with Crippen molar-refractivity contribution in [2.75, 3.05) is 7.11 Å². The van der Waals surface area contributed by atoms with Crippen molar-refractivity contribution in [1.29, 1.82) is 0 Å². The summed E-state index contributed by atoms with van der Waals surface area (Å²) in [5, 5.41) is 0. The Bertz CT molecular complexity index is 682. The first-order valence-corrected chi connectivity index (χ1v) is 7.26. The van der Waals surface area contributed by atoms with Gasteiger partial charge in [0.15, 0.2) is 0 Å². The number of methoxy groups -OCH3 is 1. The van der Waals surface area contributed by atoms with Crippen LogP contribution in [0.15, 0.2) is 42.5 Å². The number of esters is 1. The molecule has 0 unspecified atom stereocenters. The molecule has 0 radical (unpaired) electrons. The van der Waals surface area contributed by atoms with E-state index in [-0.39, 0.29) is 18.5 Å². The summed E-state index contributed by atoms with van der Waals surface area (Å²) in [6, 6.07) is 11.2. The molecule has 0 aliphatic rings. The molecule has 4 nitrogen and oxygen atoms in total. The van der Waals surface area contributed by atoms with Gasteiger partial charge >= 0.3 is 5.97 Å². The van der Waals surface area contributed by atoms with Crippen LogP contribution < -0.4 is 9.47 Å². The number of benzene rings is 2. The van der Waals surface area contributed by atoms with Crippen LogP contribution in [0.5, 0.6) is 11.5 Å². The van der Waals surface area contributed by atoms with E-state index in [0.717, 1.165) is 0 Å². The molecular weight excluding hydrogens is 299 g/mol. The highest BCUT2D eigenvalue weighted by atomic mass is 19.1. The summed E-state index contributed by atoms with van der Waals surface area (Å²) >= 11 is 0. The second kappa shape index (κ2) is 7.63. The van der Waals surface area contributed by atoms with Crippen LogP contribution in [0.1, 0.15) is 29.8 Å². The Kier molecular flexibility index (Phi) is 5.57. The molecule has 0 aliphatic heterocycles. The van der Waals surface area contributed by atoms with E-state index in [2.05, 4.69) is 0 Å². The van der Waals surface area contributed by atoms with Gasteiger partial charge in [-0.25, -0.2) is 9.18 Å². The van der Waals surface area contributed by atoms with E-state index in [4.69, 9.17) is 14.2 Å². The minimum absolute atomic E-state index is 0.0534. The fraction of sp³-hybridized carbons (Fsp3) is 0.278. The second-order valence-corrected chi connectivity index (χ2v) is 5.23. The van der Waals surface area contributed by atoms with E-state index < -0.39 is 5.97 Å². The summed E-state index contributed by atoms with van der Waals surface area (Å²) < 4.78 is 29.6. The molecule has 2 aromatic carbocycles. The summed E-state index contributed by atoms with van der Waals surface area (Å²) in [4.78, 5) is 11.7. The summed E-state index contributed by atoms with van der Waals surface area (Å²) in [6.07, 6.45) is -0.0534. The van der Waals surface area contributed by atoms with Crippen molar-refractivity contribution >= 4 is 5.97 Å². The number of carbonyl (C=O) groups is 1. The van der Waals surface area contributed by atoms with Crippen molar-refractivity contribution in [3.63, 3.8) is 0 Å². The van der Waals surface area contributed by atoms with Crippen LogP contribution in [-0.4, -0.2) is 19.2 Å². The molecule has 2 aromatic rings. The molecule has 2 rings (SSSR count). The molecule has 0 spiro atoms. The predicted octanol–water partition coefficient (Wildman–Crippen LogP) is 3.98. The molecule has 0 N–H and O–H groups in total. The molecule has 5 heteroatoms. The fourth-order valence-electron chi connectivity index (χ4n) is 2.01. The van der Waals surface area contributed by atoms with Crippen molar-refractivity contribution in [1.82, 2.24) is 0 Å². The average molecular weight is 318 g/mol. The van der Waals surface area contributed by atoms with Crippen molar-refractivity contribution in [3.05, 3.63) is 59.4 Å². The molecule has 0 aromatic heterocycles. The van der Waals surface area contributed by atoms with Crippen LogP contribution >= 0.6 is 0 Å². The van der Waals surface area contributed by atoms with Crippen molar-refractivity contribution in [3.8, 4) is 11.5 Å². The molecule has 0 saturated heterocycles. The lowest BCUT2D eigenvalue weighted by Crippen LogP contribution is -2.08. The van der Waals surface area contributed by atoms with Gasteiger partial charge in [-0.05, 0) is 32.0 Å². The highest BCUT2D eigenvalue weighted by molar-refractivity contribution is 5.90. The van der Waals surface area contributed by atoms with Gasteiger partial charge < -0.3 is 14.2 Å². The van der Waals surface area contributed by atoms with Crippen molar-refractivity contribution in [2.24, 2.45) is 0 Å². The lowest BCUT2D eigenvalue weighted by atomic mass is 10.2. The molecule has 23 heavy (non-hydrogen) atoms.